The number of ether oxygens (including phenoxy) is 2. The van der Waals surface area contributed by atoms with E-state index in [1.54, 1.807) is 0 Å². The molecule has 0 saturated heterocycles. The zero-order chi connectivity index (χ0) is 34.1. The summed E-state index contributed by atoms with van der Waals surface area (Å²) < 4.78 is 116. The van der Waals surface area contributed by atoms with Gasteiger partial charge in [-0.15, -0.1) is 0 Å². The van der Waals surface area contributed by atoms with E-state index in [0.29, 0.717) is 13.8 Å². The number of fused-ring (bicyclic) bond motifs is 1. The number of carbonyl (C=O) groups excluding carboxylic acids is 2. The Bertz CT molecular complexity index is 1850. The molecule has 1 heterocycles. The molecule has 11 nitrogen and oxygen atoms in total. The predicted molar refractivity (Wildman–Crippen MR) is 159 cm³/mol. The maximum absolute atomic E-state index is 13.7. The van der Waals surface area contributed by atoms with E-state index in [4.69, 9.17) is 4.74 Å². The monoisotopic (exact) mass is 687 g/mol. The summed E-state index contributed by atoms with van der Waals surface area (Å²) in [6.07, 6.45) is -7.32. The van der Waals surface area contributed by atoms with Crippen molar-refractivity contribution < 1.29 is 53.5 Å². The second-order valence-corrected chi connectivity index (χ2v) is 14.7. The molecule has 248 valence electrons. The highest BCUT2D eigenvalue weighted by molar-refractivity contribution is 7.93. The molecular weight excluding hydrogens is 658 g/mol. The molecule has 46 heavy (non-hydrogen) atoms. The third-order valence-electron chi connectivity index (χ3n) is 6.89. The smallest absolute Gasteiger partial charge is 0.427 e. The van der Waals surface area contributed by atoms with E-state index >= 15 is 0 Å². The number of hydrogen-bond donors (Lipinski definition) is 2. The molecule has 3 aromatic carbocycles. The van der Waals surface area contributed by atoms with Crippen LogP contribution in [0.3, 0.4) is 0 Å². The fourth-order valence-electron chi connectivity index (χ4n) is 4.20. The maximum Gasteiger partial charge on any atom is 0.427 e. The Hall–Kier alpha value is -4.38. The van der Waals surface area contributed by atoms with Gasteiger partial charge >= 0.3 is 12.3 Å². The molecule has 17 heteroatoms. The van der Waals surface area contributed by atoms with Crippen molar-refractivity contribution in [2.45, 2.75) is 48.4 Å². The first-order valence-corrected chi connectivity index (χ1v) is 16.7. The lowest BCUT2D eigenvalue weighted by atomic mass is 10.1. The van der Waals surface area contributed by atoms with Gasteiger partial charge in [-0.2, -0.15) is 13.2 Å². The molecule has 0 bridgehead atoms. The number of alkyl halides is 3. The minimum atomic E-state index is -4.87. The molecule has 1 aliphatic rings. The van der Waals surface area contributed by atoms with Gasteiger partial charge in [0.2, 0.25) is 5.60 Å². The summed E-state index contributed by atoms with van der Waals surface area (Å²) >= 11 is 0. The summed E-state index contributed by atoms with van der Waals surface area (Å²) in [4.78, 5) is 24.8. The molecular formula is C29H29F4N3O8S2. The van der Waals surface area contributed by atoms with E-state index in [9.17, 15) is 44.0 Å². The number of carbonyl (C=O) groups is 2. The Balaban J connectivity index is 1.61. The number of amides is 2. The first-order valence-electron chi connectivity index (χ1n) is 13.6. The van der Waals surface area contributed by atoms with Gasteiger partial charge in [0.25, 0.3) is 15.9 Å². The Kier molecular flexibility index (Phi) is 9.59. The Morgan fingerprint density at radius 3 is 2.28 bits per heavy atom. The lowest BCUT2D eigenvalue weighted by Crippen LogP contribution is -2.48. The van der Waals surface area contributed by atoms with Crippen molar-refractivity contribution in [2.75, 3.05) is 28.5 Å². The van der Waals surface area contributed by atoms with Gasteiger partial charge in [-0.3, -0.25) is 14.4 Å². The molecule has 1 aliphatic heterocycles. The zero-order valence-electron chi connectivity index (χ0n) is 24.6. The molecule has 0 radical (unpaired) electrons. The quantitative estimate of drug-likeness (QED) is 0.302. The fourth-order valence-corrected chi connectivity index (χ4v) is 6.62. The molecule has 4 rings (SSSR count). The van der Waals surface area contributed by atoms with Crippen LogP contribution in [-0.4, -0.2) is 65.6 Å². The van der Waals surface area contributed by atoms with Crippen LogP contribution < -0.4 is 19.7 Å². The van der Waals surface area contributed by atoms with Gasteiger partial charge in [-0.05, 0) is 74.5 Å². The van der Waals surface area contributed by atoms with E-state index in [1.807, 2.05) is 0 Å². The Morgan fingerprint density at radius 1 is 0.978 bits per heavy atom. The minimum absolute atomic E-state index is 0.0261. The van der Waals surface area contributed by atoms with Crippen molar-refractivity contribution in [1.29, 1.82) is 0 Å². The number of nitrogens with zero attached hydrogens (tertiary/aromatic N) is 1. The van der Waals surface area contributed by atoms with E-state index in [1.165, 1.54) is 43.3 Å². The molecule has 0 spiro atoms. The average Bonchev–Trinajstić information content (AvgIpc) is 2.98. The van der Waals surface area contributed by atoms with Gasteiger partial charge in [-0.1, -0.05) is 13.0 Å². The Morgan fingerprint density at radius 2 is 1.65 bits per heavy atom. The van der Waals surface area contributed by atoms with Gasteiger partial charge < -0.3 is 14.8 Å². The number of nitrogens with one attached hydrogen (secondary N) is 2. The van der Waals surface area contributed by atoms with Crippen LogP contribution in [0.4, 0.5) is 33.7 Å². The van der Waals surface area contributed by atoms with Crippen LogP contribution in [0.2, 0.25) is 0 Å². The number of sulfone groups is 1. The van der Waals surface area contributed by atoms with Gasteiger partial charge in [0, 0.05) is 11.3 Å². The molecule has 2 N–H and O–H groups in total. The lowest BCUT2D eigenvalue weighted by Gasteiger charge is -2.36. The molecule has 0 unspecified atom stereocenters. The van der Waals surface area contributed by atoms with Gasteiger partial charge in [-0.25, -0.2) is 26.0 Å². The van der Waals surface area contributed by atoms with Gasteiger partial charge in [0.1, 0.15) is 17.7 Å². The third kappa shape index (κ3) is 7.52. The highest BCUT2D eigenvalue weighted by Crippen LogP contribution is 2.39. The molecule has 2 amide bonds. The van der Waals surface area contributed by atoms with Crippen molar-refractivity contribution in [3.8, 4) is 5.75 Å². The number of anilines is 2. The lowest BCUT2D eigenvalue weighted by molar-refractivity contribution is -0.242. The van der Waals surface area contributed by atoms with E-state index in [0.717, 1.165) is 34.6 Å². The van der Waals surface area contributed by atoms with Crippen molar-refractivity contribution in [3.63, 3.8) is 0 Å². The normalized spacial score (nSPS) is 15.4. The van der Waals surface area contributed by atoms with Gasteiger partial charge in [0.15, 0.2) is 9.84 Å². The SMILES string of the molecule is CCS(=O)(=O)c1cccc(C(=O)NC[C@H]2CN(S(=O)(=O)c3ccc(F)cc3)c3cc(NC(=O)OC(C)(C)C(F)(F)F)ccc3O2)c1. The minimum Gasteiger partial charge on any atom is -0.484 e. The summed E-state index contributed by atoms with van der Waals surface area (Å²) in [5, 5.41) is 4.73. The summed E-state index contributed by atoms with van der Waals surface area (Å²) in [6.45, 7) is 2.15. The van der Waals surface area contributed by atoms with Crippen LogP contribution in [0.15, 0.2) is 76.5 Å². The summed E-state index contributed by atoms with van der Waals surface area (Å²) in [7, 11) is -8.01. The number of benzene rings is 3. The molecule has 0 aromatic heterocycles. The molecule has 0 fully saturated rings. The third-order valence-corrected chi connectivity index (χ3v) is 10.4. The first kappa shape index (κ1) is 34.5. The first-order chi connectivity index (χ1) is 21.3. The highest BCUT2D eigenvalue weighted by atomic mass is 32.2. The number of hydrogen-bond acceptors (Lipinski definition) is 8. The van der Waals surface area contributed by atoms with Crippen LogP contribution in [-0.2, 0) is 24.6 Å². The Labute approximate surface area is 262 Å². The van der Waals surface area contributed by atoms with Crippen molar-refractivity contribution in [1.82, 2.24) is 5.32 Å². The van der Waals surface area contributed by atoms with Crippen LogP contribution in [0.5, 0.6) is 5.75 Å². The largest absolute Gasteiger partial charge is 0.484 e. The second-order valence-electron chi connectivity index (χ2n) is 10.6. The molecule has 0 saturated carbocycles. The van der Waals surface area contributed by atoms with Crippen molar-refractivity contribution in [2.24, 2.45) is 0 Å². The summed E-state index contributed by atoms with van der Waals surface area (Å²) in [5.41, 5.74) is -3.02. The van der Waals surface area contributed by atoms with Crippen LogP contribution in [0, 0.1) is 5.82 Å². The van der Waals surface area contributed by atoms with E-state index in [-0.39, 0.29) is 44.8 Å². The average molecular weight is 688 g/mol. The topological polar surface area (TPSA) is 148 Å². The second kappa shape index (κ2) is 12.8. The zero-order valence-corrected chi connectivity index (χ0v) is 26.2. The van der Waals surface area contributed by atoms with Crippen LogP contribution in [0.1, 0.15) is 31.1 Å². The summed E-state index contributed by atoms with van der Waals surface area (Å²) in [6, 6.07) is 13.0. The van der Waals surface area contributed by atoms with E-state index in [2.05, 4.69) is 15.4 Å². The van der Waals surface area contributed by atoms with Crippen molar-refractivity contribution in [3.05, 3.63) is 78.1 Å². The fraction of sp³-hybridized carbons (Fsp3) is 0.310. The van der Waals surface area contributed by atoms with Gasteiger partial charge in [0.05, 0.1) is 34.3 Å². The van der Waals surface area contributed by atoms with Crippen LogP contribution in [0.25, 0.3) is 0 Å². The van der Waals surface area contributed by atoms with Crippen molar-refractivity contribution >= 4 is 43.2 Å². The summed E-state index contributed by atoms with van der Waals surface area (Å²) in [5.74, 6) is -1.54. The van der Waals surface area contributed by atoms with Crippen LogP contribution >= 0.6 is 0 Å². The predicted octanol–water partition coefficient (Wildman–Crippen LogP) is 4.90. The van der Waals surface area contributed by atoms with E-state index < -0.39 is 62.1 Å². The number of rotatable bonds is 9. The number of sulfonamides is 1. The molecule has 1 atom stereocenters. The standard InChI is InChI=1S/C29H29F4N3O8S2/c1-4-45(39,40)23-7-5-6-18(14-23)26(37)34-16-21-17-36(46(41,42)22-11-8-19(30)9-12-22)24-15-20(10-13-25(24)43-21)35-27(38)44-28(2,3)29(31,32)33/h5-15,21H,4,16-17H2,1-3H3,(H,34,37)(H,35,38)/t21-/m0/s1. The number of halogens is 4. The highest BCUT2D eigenvalue weighted by Gasteiger charge is 2.51. The maximum atomic E-state index is 13.7. The molecule has 0 aliphatic carbocycles. The molecule has 3 aromatic rings.